The van der Waals surface area contributed by atoms with E-state index in [1.54, 1.807) is 0 Å². The van der Waals surface area contributed by atoms with E-state index in [-0.39, 0.29) is 11.9 Å². The molecule has 144 valence electrons. The molecule has 1 N–H and O–H groups in total. The fraction of sp³-hybridized carbons (Fsp3) is 0.524. The van der Waals surface area contributed by atoms with E-state index < -0.39 is 0 Å². The van der Waals surface area contributed by atoms with E-state index >= 15 is 0 Å². The standard InChI is InChI=1S/C21H28N4O2/c1-15-21(16(2)25(23-15)12-17-6-4-3-5-7-17)19-14-27-11-10-24(19)13-20(26)22-18-8-9-18/h3-7,18-19H,8-14H2,1-2H3,(H,22,26). The van der Waals surface area contributed by atoms with Crippen LogP contribution in [-0.2, 0) is 16.1 Å². The number of carbonyl (C=O) groups is 1. The summed E-state index contributed by atoms with van der Waals surface area (Å²) in [5.41, 5.74) is 4.60. The van der Waals surface area contributed by atoms with Crippen LogP contribution < -0.4 is 5.32 Å². The van der Waals surface area contributed by atoms with Gasteiger partial charge in [0.1, 0.15) is 0 Å². The first-order chi connectivity index (χ1) is 13.1. The van der Waals surface area contributed by atoms with Gasteiger partial charge in [-0.2, -0.15) is 5.10 Å². The third-order valence-corrected chi connectivity index (χ3v) is 5.47. The highest BCUT2D eigenvalue weighted by atomic mass is 16.5. The largest absolute Gasteiger partial charge is 0.378 e. The molecule has 0 bridgehead atoms. The van der Waals surface area contributed by atoms with Gasteiger partial charge < -0.3 is 10.1 Å². The molecule has 6 heteroatoms. The van der Waals surface area contributed by atoms with Gasteiger partial charge in [-0.05, 0) is 32.3 Å². The monoisotopic (exact) mass is 368 g/mol. The van der Waals surface area contributed by atoms with Crippen molar-refractivity contribution in [2.45, 2.75) is 45.3 Å². The van der Waals surface area contributed by atoms with Crippen molar-refractivity contribution in [3.05, 3.63) is 52.8 Å². The van der Waals surface area contributed by atoms with Crippen LogP contribution in [0.4, 0.5) is 0 Å². The Morgan fingerprint density at radius 2 is 2.04 bits per heavy atom. The van der Waals surface area contributed by atoms with E-state index in [1.807, 2.05) is 6.07 Å². The number of morpholine rings is 1. The molecule has 2 aliphatic rings. The van der Waals surface area contributed by atoms with Gasteiger partial charge >= 0.3 is 0 Å². The van der Waals surface area contributed by atoms with Gasteiger partial charge in [0.25, 0.3) is 0 Å². The third-order valence-electron chi connectivity index (χ3n) is 5.47. The number of nitrogens with one attached hydrogen (secondary N) is 1. The van der Waals surface area contributed by atoms with E-state index in [4.69, 9.17) is 9.84 Å². The van der Waals surface area contributed by atoms with Crippen LogP contribution in [0.15, 0.2) is 30.3 Å². The minimum Gasteiger partial charge on any atom is -0.378 e. The van der Waals surface area contributed by atoms with Crippen LogP contribution in [0.3, 0.4) is 0 Å². The summed E-state index contributed by atoms with van der Waals surface area (Å²) in [6.07, 6.45) is 2.23. The van der Waals surface area contributed by atoms with Crippen molar-refractivity contribution in [3.8, 4) is 0 Å². The average molecular weight is 368 g/mol. The highest BCUT2D eigenvalue weighted by Gasteiger charge is 2.32. The zero-order chi connectivity index (χ0) is 18.8. The van der Waals surface area contributed by atoms with E-state index in [2.05, 4.69) is 53.0 Å². The molecule has 27 heavy (non-hydrogen) atoms. The molecule has 4 rings (SSSR count). The van der Waals surface area contributed by atoms with Crippen molar-refractivity contribution in [2.24, 2.45) is 0 Å². The molecule has 1 aliphatic heterocycles. The van der Waals surface area contributed by atoms with Crippen LogP contribution in [0.5, 0.6) is 0 Å². The Kier molecular flexibility index (Phi) is 5.27. The quantitative estimate of drug-likeness (QED) is 0.849. The van der Waals surface area contributed by atoms with Crippen molar-refractivity contribution in [2.75, 3.05) is 26.3 Å². The number of rotatable bonds is 6. The highest BCUT2D eigenvalue weighted by molar-refractivity contribution is 5.78. The summed E-state index contributed by atoms with van der Waals surface area (Å²) in [4.78, 5) is 14.6. The van der Waals surface area contributed by atoms with Crippen molar-refractivity contribution < 1.29 is 9.53 Å². The summed E-state index contributed by atoms with van der Waals surface area (Å²) in [5, 5.41) is 7.88. The molecule has 1 atom stereocenters. The molecule has 6 nitrogen and oxygen atoms in total. The molecule has 2 aromatic rings. The lowest BCUT2D eigenvalue weighted by Crippen LogP contribution is -2.45. The van der Waals surface area contributed by atoms with Gasteiger partial charge in [0.05, 0.1) is 38.0 Å². The lowest BCUT2D eigenvalue weighted by atomic mass is 10.0. The average Bonchev–Trinajstić information content (AvgIpc) is 3.42. The second kappa shape index (κ2) is 7.82. The molecule has 1 unspecified atom stereocenters. The number of hydrogen-bond acceptors (Lipinski definition) is 4. The first kappa shape index (κ1) is 18.2. The molecule has 2 fully saturated rings. The number of aryl methyl sites for hydroxylation is 1. The minimum absolute atomic E-state index is 0.0771. The number of benzene rings is 1. The topological polar surface area (TPSA) is 59.4 Å². The van der Waals surface area contributed by atoms with Gasteiger partial charge in [0, 0.05) is 23.8 Å². The molecule has 0 radical (unpaired) electrons. The summed E-state index contributed by atoms with van der Waals surface area (Å²) in [6.45, 7) is 7.40. The summed E-state index contributed by atoms with van der Waals surface area (Å²) < 4.78 is 7.84. The summed E-state index contributed by atoms with van der Waals surface area (Å²) in [7, 11) is 0. The lowest BCUT2D eigenvalue weighted by Gasteiger charge is -2.35. The summed E-state index contributed by atoms with van der Waals surface area (Å²) >= 11 is 0. The number of nitrogens with zero attached hydrogens (tertiary/aromatic N) is 3. The smallest absolute Gasteiger partial charge is 0.234 e. The fourth-order valence-corrected chi connectivity index (χ4v) is 3.88. The van der Waals surface area contributed by atoms with Crippen LogP contribution >= 0.6 is 0 Å². The summed E-state index contributed by atoms with van der Waals surface area (Å²) in [5.74, 6) is 0.122. The molecule has 1 amide bonds. The second-order valence-corrected chi connectivity index (χ2v) is 7.63. The third kappa shape index (κ3) is 4.22. The van der Waals surface area contributed by atoms with Gasteiger partial charge in [-0.25, -0.2) is 0 Å². The minimum atomic E-state index is 0.0771. The first-order valence-electron chi connectivity index (χ1n) is 9.81. The molecule has 1 aliphatic carbocycles. The normalized spacial score (nSPS) is 20.6. The molecular formula is C21H28N4O2. The molecule has 1 saturated carbocycles. The molecule has 0 spiro atoms. The van der Waals surface area contributed by atoms with Crippen LogP contribution in [-0.4, -0.2) is 52.9 Å². The Bertz CT molecular complexity index is 798. The Hall–Kier alpha value is -2.18. The van der Waals surface area contributed by atoms with Crippen LogP contribution in [0.1, 0.15) is 41.4 Å². The van der Waals surface area contributed by atoms with Crippen molar-refractivity contribution in [1.82, 2.24) is 20.0 Å². The Labute approximate surface area is 160 Å². The molecule has 1 aromatic heterocycles. The molecule has 2 heterocycles. The van der Waals surface area contributed by atoms with Gasteiger partial charge in [0.15, 0.2) is 0 Å². The van der Waals surface area contributed by atoms with Gasteiger partial charge in [0.2, 0.25) is 5.91 Å². The van der Waals surface area contributed by atoms with E-state index in [0.717, 1.165) is 37.3 Å². The van der Waals surface area contributed by atoms with Gasteiger partial charge in [-0.15, -0.1) is 0 Å². The number of aromatic nitrogens is 2. The van der Waals surface area contributed by atoms with Gasteiger partial charge in [-0.3, -0.25) is 14.4 Å². The number of carbonyl (C=O) groups excluding carboxylic acids is 1. The number of hydrogen-bond donors (Lipinski definition) is 1. The van der Waals surface area contributed by atoms with Crippen molar-refractivity contribution in [3.63, 3.8) is 0 Å². The number of amides is 1. The predicted molar refractivity (Wildman–Crippen MR) is 104 cm³/mol. The van der Waals surface area contributed by atoms with E-state index in [1.165, 1.54) is 11.1 Å². The predicted octanol–water partition coefficient (Wildman–Crippen LogP) is 2.20. The van der Waals surface area contributed by atoms with E-state index in [9.17, 15) is 4.79 Å². The molecular weight excluding hydrogens is 340 g/mol. The lowest BCUT2D eigenvalue weighted by molar-refractivity contribution is -0.124. The molecule has 1 aromatic carbocycles. The van der Waals surface area contributed by atoms with Crippen molar-refractivity contribution in [1.29, 1.82) is 0 Å². The molecule has 1 saturated heterocycles. The van der Waals surface area contributed by atoms with Crippen molar-refractivity contribution >= 4 is 5.91 Å². The van der Waals surface area contributed by atoms with Crippen LogP contribution in [0.25, 0.3) is 0 Å². The highest BCUT2D eigenvalue weighted by Crippen LogP contribution is 2.30. The van der Waals surface area contributed by atoms with E-state index in [0.29, 0.717) is 25.8 Å². The number of ether oxygens (including phenoxy) is 1. The first-order valence-corrected chi connectivity index (χ1v) is 9.81. The van der Waals surface area contributed by atoms with Crippen LogP contribution in [0.2, 0.25) is 0 Å². The SMILES string of the molecule is Cc1nn(Cc2ccccc2)c(C)c1C1COCCN1CC(=O)NC1CC1. The Balaban J connectivity index is 1.53. The summed E-state index contributed by atoms with van der Waals surface area (Å²) in [6, 6.07) is 10.8. The zero-order valence-corrected chi connectivity index (χ0v) is 16.1. The maximum absolute atomic E-state index is 12.3. The van der Waals surface area contributed by atoms with Crippen LogP contribution in [0, 0.1) is 13.8 Å². The maximum atomic E-state index is 12.3. The maximum Gasteiger partial charge on any atom is 0.234 e. The zero-order valence-electron chi connectivity index (χ0n) is 16.1. The Morgan fingerprint density at radius 3 is 2.78 bits per heavy atom. The fourth-order valence-electron chi connectivity index (χ4n) is 3.88. The Morgan fingerprint density at radius 1 is 1.26 bits per heavy atom. The van der Waals surface area contributed by atoms with Gasteiger partial charge in [-0.1, -0.05) is 30.3 Å². The second-order valence-electron chi connectivity index (χ2n) is 7.63.